The number of aromatic nitrogens is 3. The molecule has 0 saturated heterocycles. The van der Waals surface area contributed by atoms with E-state index in [2.05, 4.69) is 30.3 Å². The smallest absolute Gasteiger partial charge is 0.157 e. The van der Waals surface area contributed by atoms with Crippen LogP contribution >= 0.6 is 0 Å². The molecule has 0 bridgehead atoms. The van der Waals surface area contributed by atoms with E-state index in [9.17, 15) is 0 Å². The van der Waals surface area contributed by atoms with Gasteiger partial charge < -0.3 is 11.1 Å². The molecule has 0 aliphatic heterocycles. The average Bonchev–Trinajstić information content (AvgIpc) is 2.84. The van der Waals surface area contributed by atoms with Crippen molar-refractivity contribution in [2.24, 2.45) is 11.1 Å². The monoisotopic (exact) mass is 285 g/mol. The molecule has 1 unspecified atom stereocenters. The van der Waals surface area contributed by atoms with Gasteiger partial charge in [-0.25, -0.2) is 4.98 Å². The summed E-state index contributed by atoms with van der Waals surface area (Å²) in [7, 11) is 0. The minimum absolute atomic E-state index is 0.333. The van der Waals surface area contributed by atoms with Crippen LogP contribution in [0.1, 0.15) is 51.1 Å². The minimum atomic E-state index is 0.333. The highest BCUT2D eigenvalue weighted by Crippen LogP contribution is 2.58. The molecule has 2 aliphatic rings. The third kappa shape index (κ3) is 2.29. The van der Waals surface area contributed by atoms with Gasteiger partial charge in [0.25, 0.3) is 0 Å². The van der Waals surface area contributed by atoms with Gasteiger partial charge in [0, 0.05) is 30.1 Å². The van der Waals surface area contributed by atoms with Crippen molar-refractivity contribution in [1.82, 2.24) is 14.6 Å². The Labute approximate surface area is 124 Å². The highest BCUT2D eigenvalue weighted by atomic mass is 15.3. The van der Waals surface area contributed by atoms with E-state index in [1.165, 1.54) is 12.1 Å². The van der Waals surface area contributed by atoms with Gasteiger partial charge in [-0.15, -0.1) is 0 Å². The maximum atomic E-state index is 6.02. The van der Waals surface area contributed by atoms with E-state index in [4.69, 9.17) is 10.7 Å². The largest absolute Gasteiger partial charge is 0.367 e. The molecule has 0 amide bonds. The Morgan fingerprint density at radius 3 is 2.86 bits per heavy atom. The molecule has 2 heterocycles. The molecule has 0 aromatic carbocycles. The fraction of sp³-hybridized carbons (Fsp3) is 0.625. The normalized spacial score (nSPS) is 30.7. The van der Waals surface area contributed by atoms with E-state index in [1.54, 1.807) is 0 Å². The van der Waals surface area contributed by atoms with Crippen LogP contribution < -0.4 is 11.1 Å². The van der Waals surface area contributed by atoms with Crippen molar-refractivity contribution in [1.29, 1.82) is 0 Å². The summed E-state index contributed by atoms with van der Waals surface area (Å²) in [6.07, 6.45) is 6.31. The molecule has 112 valence electrons. The van der Waals surface area contributed by atoms with Crippen LogP contribution in [0.4, 0.5) is 5.82 Å². The molecule has 2 fully saturated rings. The lowest BCUT2D eigenvalue weighted by Crippen LogP contribution is -2.22. The zero-order valence-electron chi connectivity index (χ0n) is 12.7. The molecule has 5 heteroatoms. The van der Waals surface area contributed by atoms with E-state index in [-0.39, 0.29) is 0 Å². The van der Waals surface area contributed by atoms with Crippen molar-refractivity contribution in [3.63, 3.8) is 0 Å². The van der Waals surface area contributed by atoms with Gasteiger partial charge in [0.05, 0.1) is 11.9 Å². The quantitative estimate of drug-likeness (QED) is 0.909. The van der Waals surface area contributed by atoms with Crippen LogP contribution in [-0.4, -0.2) is 26.7 Å². The van der Waals surface area contributed by atoms with Gasteiger partial charge in [0.2, 0.25) is 0 Å². The fourth-order valence-corrected chi connectivity index (χ4v) is 3.54. The van der Waals surface area contributed by atoms with Crippen LogP contribution in [0.15, 0.2) is 18.3 Å². The van der Waals surface area contributed by atoms with Gasteiger partial charge in [-0.3, -0.25) is 0 Å². The average molecular weight is 285 g/mol. The Hall–Kier alpha value is -1.62. The van der Waals surface area contributed by atoms with Crippen molar-refractivity contribution >= 4 is 11.5 Å². The highest BCUT2D eigenvalue weighted by molar-refractivity contribution is 5.51. The first-order chi connectivity index (χ1) is 10.0. The number of fused-ring (bicyclic) bond motifs is 1. The second-order valence-electron chi connectivity index (χ2n) is 7.33. The lowest BCUT2D eigenvalue weighted by Gasteiger charge is -2.16. The lowest BCUT2D eigenvalue weighted by atomic mass is 10.1. The summed E-state index contributed by atoms with van der Waals surface area (Å²) in [4.78, 5) is 4.78. The molecule has 0 spiro atoms. The number of hydrogen-bond donors (Lipinski definition) is 2. The Morgan fingerprint density at radius 2 is 2.19 bits per heavy atom. The predicted molar refractivity (Wildman–Crippen MR) is 83.4 cm³/mol. The molecule has 5 nitrogen and oxygen atoms in total. The molecular weight excluding hydrogens is 262 g/mol. The van der Waals surface area contributed by atoms with E-state index in [0.717, 1.165) is 30.7 Å². The Kier molecular flexibility index (Phi) is 2.76. The second-order valence-corrected chi connectivity index (χ2v) is 7.33. The Balaban J connectivity index is 1.68. The Morgan fingerprint density at radius 1 is 1.38 bits per heavy atom. The van der Waals surface area contributed by atoms with Gasteiger partial charge in [-0.05, 0) is 31.1 Å². The Bertz CT molecular complexity index is 674. The third-order valence-electron chi connectivity index (χ3n) is 5.07. The minimum Gasteiger partial charge on any atom is -0.367 e. The predicted octanol–water partition coefficient (Wildman–Crippen LogP) is 2.53. The summed E-state index contributed by atoms with van der Waals surface area (Å²) in [5.41, 5.74) is 8.53. The molecule has 0 radical (unpaired) electrons. The first kappa shape index (κ1) is 13.1. The van der Waals surface area contributed by atoms with E-state index in [0.29, 0.717) is 23.4 Å². The van der Waals surface area contributed by atoms with Crippen LogP contribution in [-0.2, 0) is 0 Å². The highest BCUT2D eigenvalue weighted by Gasteiger charge is 2.47. The number of nitrogens with zero attached hydrogens (tertiary/aromatic N) is 3. The molecule has 2 aromatic rings. The molecule has 2 saturated carbocycles. The lowest BCUT2D eigenvalue weighted by molar-refractivity contribution is 0.615. The van der Waals surface area contributed by atoms with Gasteiger partial charge in [-0.1, -0.05) is 13.8 Å². The zero-order chi connectivity index (χ0) is 14.6. The summed E-state index contributed by atoms with van der Waals surface area (Å²) in [5, 5.41) is 8.03. The molecule has 3 atom stereocenters. The SMILES string of the molecule is CC1(C)CC1c1cc(N[C@H]2CC[C@H](N)C2)n2nccc2n1. The van der Waals surface area contributed by atoms with Gasteiger partial charge in [0.15, 0.2) is 5.65 Å². The number of rotatable bonds is 3. The van der Waals surface area contributed by atoms with Gasteiger partial charge in [0.1, 0.15) is 5.82 Å². The van der Waals surface area contributed by atoms with Crippen molar-refractivity contribution in [3.05, 3.63) is 24.0 Å². The van der Waals surface area contributed by atoms with E-state index < -0.39 is 0 Å². The van der Waals surface area contributed by atoms with Crippen LogP contribution in [0, 0.1) is 5.41 Å². The molecule has 2 aliphatic carbocycles. The summed E-state index contributed by atoms with van der Waals surface area (Å²) in [6.45, 7) is 4.62. The topological polar surface area (TPSA) is 68.2 Å². The van der Waals surface area contributed by atoms with E-state index in [1.807, 2.05) is 16.8 Å². The first-order valence-electron chi connectivity index (χ1n) is 7.90. The van der Waals surface area contributed by atoms with Crippen LogP contribution in [0.3, 0.4) is 0 Å². The molecular formula is C16H23N5. The third-order valence-corrected chi connectivity index (χ3v) is 5.07. The zero-order valence-corrected chi connectivity index (χ0v) is 12.7. The fourth-order valence-electron chi connectivity index (χ4n) is 3.54. The number of hydrogen-bond acceptors (Lipinski definition) is 4. The van der Waals surface area contributed by atoms with Crippen LogP contribution in [0.2, 0.25) is 0 Å². The van der Waals surface area contributed by atoms with Crippen molar-refractivity contribution in [2.45, 2.75) is 57.5 Å². The summed E-state index contributed by atoms with van der Waals surface area (Å²) in [6, 6.07) is 4.95. The second kappa shape index (κ2) is 4.44. The molecule has 21 heavy (non-hydrogen) atoms. The van der Waals surface area contributed by atoms with Crippen molar-refractivity contribution in [3.8, 4) is 0 Å². The standard InChI is InChI=1S/C16H23N5/c1-16(2)9-12(16)13-8-15(19-11-4-3-10(17)7-11)21-14(20-13)5-6-18-21/h5-6,8,10-12,19H,3-4,7,9,17H2,1-2H3/t10-,11-,12?/m0/s1. The number of nitrogens with two attached hydrogens (primary N) is 1. The molecule has 3 N–H and O–H groups in total. The summed E-state index contributed by atoms with van der Waals surface area (Å²) in [5.74, 6) is 1.63. The first-order valence-corrected chi connectivity index (χ1v) is 7.90. The maximum absolute atomic E-state index is 6.02. The number of nitrogens with one attached hydrogen (secondary N) is 1. The summed E-state index contributed by atoms with van der Waals surface area (Å²) >= 11 is 0. The maximum Gasteiger partial charge on any atom is 0.157 e. The molecule has 2 aromatic heterocycles. The van der Waals surface area contributed by atoms with E-state index >= 15 is 0 Å². The van der Waals surface area contributed by atoms with Crippen LogP contribution in [0.5, 0.6) is 0 Å². The summed E-state index contributed by atoms with van der Waals surface area (Å²) < 4.78 is 1.91. The van der Waals surface area contributed by atoms with Crippen molar-refractivity contribution < 1.29 is 0 Å². The number of anilines is 1. The van der Waals surface area contributed by atoms with Crippen LogP contribution in [0.25, 0.3) is 5.65 Å². The van der Waals surface area contributed by atoms with Gasteiger partial charge >= 0.3 is 0 Å². The molecule has 4 rings (SSSR count). The van der Waals surface area contributed by atoms with Gasteiger partial charge in [-0.2, -0.15) is 9.61 Å². The van der Waals surface area contributed by atoms with Crippen molar-refractivity contribution in [2.75, 3.05) is 5.32 Å².